The molecule has 1 aliphatic heterocycles. The summed E-state index contributed by atoms with van der Waals surface area (Å²) in [5.41, 5.74) is 3.46. The standard InChI is InChI=1S/C24H37NO2/c1-23-10-8-16(26)13-15(23)14-21(27)22-18-7-6-17(20-5-3-4-12-25-20)24(18,2)11-9-19(22)23/h6,14,16,18-22,25-27H,3-5,7-13H2,1-2H3/t16-,18-,19-,20?,21-,22-,23-,24+/m0/s1. The zero-order valence-electron chi connectivity index (χ0n) is 17.1. The maximum atomic E-state index is 11.2. The first-order valence-electron chi connectivity index (χ1n) is 11.4. The van der Waals surface area contributed by atoms with Gasteiger partial charge in [-0.2, -0.15) is 0 Å². The summed E-state index contributed by atoms with van der Waals surface area (Å²) in [4.78, 5) is 0. The molecule has 1 heterocycles. The highest BCUT2D eigenvalue weighted by Crippen LogP contribution is 2.65. The number of aliphatic hydroxyl groups is 2. The van der Waals surface area contributed by atoms with Crippen molar-refractivity contribution in [3.63, 3.8) is 0 Å². The molecule has 0 amide bonds. The van der Waals surface area contributed by atoms with Crippen LogP contribution in [0, 0.1) is 28.6 Å². The molecule has 0 aromatic heterocycles. The van der Waals surface area contributed by atoms with Crippen LogP contribution in [0.15, 0.2) is 23.3 Å². The molecule has 3 nitrogen and oxygen atoms in total. The van der Waals surface area contributed by atoms with Crippen LogP contribution < -0.4 is 5.32 Å². The van der Waals surface area contributed by atoms with Crippen molar-refractivity contribution in [3.8, 4) is 0 Å². The molecule has 0 radical (unpaired) electrons. The van der Waals surface area contributed by atoms with Crippen LogP contribution in [0.4, 0.5) is 0 Å². The molecule has 8 atom stereocenters. The van der Waals surface area contributed by atoms with Crippen LogP contribution in [-0.2, 0) is 0 Å². The Hall–Kier alpha value is -0.640. The molecule has 3 N–H and O–H groups in total. The largest absolute Gasteiger partial charge is 0.393 e. The summed E-state index contributed by atoms with van der Waals surface area (Å²) in [6.45, 7) is 6.09. The van der Waals surface area contributed by atoms with Crippen LogP contribution in [0.2, 0.25) is 0 Å². The summed E-state index contributed by atoms with van der Waals surface area (Å²) in [7, 11) is 0. The highest BCUT2D eigenvalue weighted by Gasteiger charge is 2.59. The molecule has 0 spiro atoms. The summed E-state index contributed by atoms with van der Waals surface area (Å²) < 4.78 is 0. The van der Waals surface area contributed by atoms with E-state index >= 15 is 0 Å². The molecular formula is C24H37NO2. The molecule has 5 rings (SSSR count). The Kier molecular flexibility index (Phi) is 4.38. The summed E-state index contributed by atoms with van der Waals surface area (Å²) in [5.74, 6) is 1.53. The van der Waals surface area contributed by atoms with Crippen LogP contribution in [0.3, 0.4) is 0 Å². The smallest absolute Gasteiger partial charge is 0.0757 e. The van der Waals surface area contributed by atoms with Crippen molar-refractivity contribution in [1.29, 1.82) is 0 Å². The highest BCUT2D eigenvalue weighted by molar-refractivity contribution is 5.34. The minimum Gasteiger partial charge on any atom is -0.393 e. The normalized spacial score (nSPS) is 52.3. The van der Waals surface area contributed by atoms with Crippen LogP contribution in [0.5, 0.6) is 0 Å². The third-order valence-electron chi connectivity index (χ3n) is 9.43. The van der Waals surface area contributed by atoms with Crippen LogP contribution >= 0.6 is 0 Å². The Labute approximate surface area is 164 Å². The van der Waals surface area contributed by atoms with Gasteiger partial charge in [-0.25, -0.2) is 0 Å². The second-order valence-electron chi connectivity index (χ2n) is 10.6. The lowest BCUT2D eigenvalue weighted by molar-refractivity contribution is -0.0787. The summed E-state index contributed by atoms with van der Waals surface area (Å²) in [5, 5.41) is 25.2. The first-order chi connectivity index (χ1) is 12.9. The average Bonchev–Trinajstić information content (AvgIpc) is 3.01. The van der Waals surface area contributed by atoms with Crippen molar-refractivity contribution in [2.75, 3.05) is 6.54 Å². The van der Waals surface area contributed by atoms with Gasteiger partial charge in [-0.15, -0.1) is 0 Å². The number of piperidine rings is 1. The van der Waals surface area contributed by atoms with E-state index in [0.29, 0.717) is 23.8 Å². The predicted molar refractivity (Wildman–Crippen MR) is 108 cm³/mol. The van der Waals surface area contributed by atoms with Crippen LogP contribution in [0.25, 0.3) is 0 Å². The third-order valence-corrected chi connectivity index (χ3v) is 9.43. The van der Waals surface area contributed by atoms with E-state index in [0.717, 1.165) is 32.2 Å². The zero-order chi connectivity index (χ0) is 18.8. The lowest BCUT2D eigenvalue weighted by atomic mass is 9.46. The predicted octanol–water partition coefficient (Wildman–Crippen LogP) is 3.96. The summed E-state index contributed by atoms with van der Waals surface area (Å²) in [6, 6.07) is 0.567. The molecule has 27 heavy (non-hydrogen) atoms. The zero-order valence-corrected chi connectivity index (χ0v) is 17.1. The van der Waals surface area contributed by atoms with Crippen LogP contribution in [-0.4, -0.2) is 35.0 Å². The molecule has 4 aliphatic carbocycles. The van der Waals surface area contributed by atoms with Gasteiger partial charge in [0, 0.05) is 6.04 Å². The van der Waals surface area contributed by atoms with E-state index in [2.05, 4.69) is 31.3 Å². The molecule has 0 aromatic carbocycles. The molecule has 0 aromatic rings. The van der Waals surface area contributed by atoms with Crippen molar-refractivity contribution in [2.45, 2.75) is 89.9 Å². The summed E-state index contributed by atoms with van der Waals surface area (Å²) >= 11 is 0. The monoisotopic (exact) mass is 371 g/mol. The van der Waals surface area contributed by atoms with Crippen molar-refractivity contribution in [2.24, 2.45) is 28.6 Å². The van der Waals surface area contributed by atoms with Crippen LogP contribution in [0.1, 0.15) is 71.6 Å². The Bertz CT molecular complexity index is 663. The molecule has 0 bridgehead atoms. The van der Waals surface area contributed by atoms with Crippen molar-refractivity contribution in [3.05, 3.63) is 23.3 Å². The molecule has 3 fully saturated rings. The third kappa shape index (κ3) is 2.64. The number of hydrogen-bond donors (Lipinski definition) is 3. The maximum Gasteiger partial charge on any atom is 0.0757 e. The number of rotatable bonds is 1. The lowest BCUT2D eigenvalue weighted by Crippen LogP contribution is -2.55. The second-order valence-corrected chi connectivity index (χ2v) is 10.6. The van der Waals surface area contributed by atoms with Gasteiger partial charge in [-0.1, -0.05) is 43.6 Å². The van der Waals surface area contributed by atoms with Crippen molar-refractivity contribution in [1.82, 2.24) is 5.32 Å². The van der Waals surface area contributed by atoms with Gasteiger partial charge in [0.2, 0.25) is 0 Å². The maximum absolute atomic E-state index is 11.2. The van der Waals surface area contributed by atoms with E-state index in [-0.39, 0.29) is 23.0 Å². The van der Waals surface area contributed by atoms with Crippen molar-refractivity contribution >= 4 is 0 Å². The van der Waals surface area contributed by atoms with Gasteiger partial charge in [-0.3, -0.25) is 0 Å². The van der Waals surface area contributed by atoms with E-state index in [4.69, 9.17) is 0 Å². The van der Waals surface area contributed by atoms with Gasteiger partial charge < -0.3 is 15.5 Å². The van der Waals surface area contributed by atoms with Gasteiger partial charge in [0.15, 0.2) is 0 Å². The van der Waals surface area contributed by atoms with Crippen molar-refractivity contribution < 1.29 is 10.2 Å². The fourth-order valence-electron chi connectivity index (χ4n) is 7.89. The van der Waals surface area contributed by atoms with Gasteiger partial charge >= 0.3 is 0 Å². The fourth-order valence-corrected chi connectivity index (χ4v) is 7.89. The number of nitrogens with one attached hydrogen (secondary N) is 1. The number of hydrogen-bond acceptors (Lipinski definition) is 3. The Morgan fingerprint density at radius 1 is 1.00 bits per heavy atom. The minimum atomic E-state index is -0.333. The highest BCUT2D eigenvalue weighted by atomic mass is 16.3. The Morgan fingerprint density at radius 3 is 2.59 bits per heavy atom. The Morgan fingerprint density at radius 2 is 1.81 bits per heavy atom. The topological polar surface area (TPSA) is 52.5 Å². The van der Waals surface area contributed by atoms with Gasteiger partial charge in [0.1, 0.15) is 0 Å². The van der Waals surface area contributed by atoms with E-state index in [1.165, 1.54) is 37.7 Å². The second kappa shape index (κ2) is 6.43. The molecule has 1 unspecified atom stereocenters. The number of allylic oxidation sites excluding steroid dienone is 1. The van der Waals surface area contributed by atoms with Gasteiger partial charge in [-0.05, 0) is 86.5 Å². The molecule has 5 aliphatic rings. The lowest BCUT2D eigenvalue weighted by Gasteiger charge is -2.59. The number of aliphatic hydroxyl groups excluding tert-OH is 2. The molecule has 2 saturated carbocycles. The van der Waals surface area contributed by atoms with E-state index in [1.54, 1.807) is 5.57 Å². The minimum absolute atomic E-state index is 0.191. The molecule has 1 saturated heterocycles. The van der Waals surface area contributed by atoms with E-state index in [1.807, 2.05) is 0 Å². The first kappa shape index (κ1) is 18.4. The SMILES string of the molecule is C[C@]12CC[C@H](O)CC1=C[C@H](O)[C@@H]1[C@@H]2CC[C@]2(C)C(C3CCCCN3)=CC[C@@H]12. The van der Waals surface area contributed by atoms with E-state index in [9.17, 15) is 10.2 Å². The molecule has 150 valence electrons. The van der Waals surface area contributed by atoms with Gasteiger partial charge in [0.25, 0.3) is 0 Å². The Balaban J connectivity index is 1.46. The van der Waals surface area contributed by atoms with Gasteiger partial charge in [0.05, 0.1) is 12.2 Å². The number of fused-ring (bicyclic) bond motifs is 5. The molecular weight excluding hydrogens is 334 g/mol. The fraction of sp³-hybridized carbons (Fsp3) is 0.833. The first-order valence-corrected chi connectivity index (χ1v) is 11.4. The molecule has 3 heteroatoms. The average molecular weight is 372 g/mol. The van der Waals surface area contributed by atoms with E-state index < -0.39 is 0 Å². The quantitative estimate of drug-likeness (QED) is 0.612. The summed E-state index contributed by atoms with van der Waals surface area (Å²) in [6.07, 6.45) is 14.5.